The Hall–Kier alpha value is -3.60. The average Bonchev–Trinajstić information content (AvgIpc) is 3.15. The maximum atomic E-state index is 13.2. The number of rotatable bonds is 7. The van der Waals surface area contributed by atoms with Crippen molar-refractivity contribution in [3.8, 4) is 5.75 Å². The maximum Gasteiger partial charge on any atom is 0.251 e. The van der Waals surface area contributed by atoms with Gasteiger partial charge in [0.25, 0.3) is 5.91 Å². The van der Waals surface area contributed by atoms with Gasteiger partial charge in [0.2, 0.25) is 0 Å². The van der Waals surface area contributed by atoms with E-state index in [4.69, 9.17) is 4.74 Å². The number of nitrogens with one attached hydrogen (secondary N) is 2. The van der Waals surface area contributed by atoms with E-state index in [0.717, 1.165) is 27.8 Å². The van der Waals surface area contributed by atoms with Crippen LogP contribution in [0.3, 0.4) is 0 Å². The summed E-state index contributed by atoms with van der Waals surface area (Å²) in [6.45, 7) is 0.987. The van der Waals surface area contributed by atoms with Crippen molar-refractivity contribution in [2.45, 2.75) is 13.0 Å². The van der Waals surface area contributed by atoms with Crippen molar-refractivity contribution in [2.24, 2.45) is 0 Å². The van der Waals surface area contributed by atoms with Gasteiger partial charge < -0.3 is 15.0 Å². The summed E-state index contributed by atoms with van der Waals surface area (Å²) in [7, 11) is 0. The van der Waals surface area contributed by atoms with E-state index < -0.39 is 5.82 Å². The summed E-state index contributed by atoms with van der Waals surface area (Å²) in [5.74, 6) is 0.106. The predicted octanol–water partition coefficient (Wildman–Crippen LogP) is 4.86. The normalized spacial score (nSPS) is 10.8. The van der Waals surface area contributed by atoms with Crippen molar-refractivity contribution >= 4 is 16.8 Å². The molecule has 29 heavy (non-hydrogen) atoms. The third-order valence-electron chi connectivity index (χ3n) is 4.75. The van der Waals surface area contributed by atoms with Crippen molar-refractivity contribution in [3.63, 3.8) is 0 Å². The minimum Gasteiger partial charge on any atom is -0.489 e. The summed E-state index contributed by atoms with van der Waals surface area (Å²) >= 11 is 0. The zero-order chi connectivity index (χ0) is 20.1. The quantitative estimate of drug-likeness (QED) is 0.475. The lowest BCUT2D eigenvalue weighted by atomic mass is 10.1. The number of hydrogen-bond donors (Lipinski definition) is 2. The van der Waals surface area contributed by atoms with E-state index in [9.17, 15) is 9.18 Å². The fourth-order valence-electron chi connectivity index (χ4n) is 3.25. The molecule has 1 amide bonds. The predicted molar refractivity (Wildman–Crippen MR) is 112 cm³/mol. The number of ether oxygens (including phenoxy) is 1. The van der Waals surface area contributed by atoms with Gasteiger partial charge in [0, 0.05) is 35.3 Å². The first-order chi connectivity index (χ1) is 14.2. The van der Waals surface area contributed by atoms with Crippen LogP contribution in [-0.4, -0.2) is 17.4 Å². The smallest absolute Gasteiger partial charge is 0.251 e. The molecule has 0 saturated carbocycles. The number of amides is 1. The van der Waals surface area contributed by atoms with Crippen molar-refractivity contribution < 1.29 is 13.9 Å². The van der Waals surface area contributed by atoms with E-state index in [-0.39, 0.29) is 5.91 Å². The number of carbonyl (C=O) groups is 1. The third-order valence-corrected chi connectivity index (χ3v) is 4.75. The lowest BCUT2D eigenvalue weighted by molar-refractivity contribution is 0.0953. The second-order valence-electron chi connectivity index (χ2n) is 6.81. The summed E-state index contributed by atoms with van der Waals surface area (Å²) < 4.78 is 19.1. The third kappa shape index (κ3) is 4.63. The van der Waals surface area contributed by atoms with Crippen molar-refractivity contribution in [3.05, 3.63) is 102 Å². The fraction of sp³-hybridized carbons (Fsp3) is 0.125. The highest BCUT2D eigenvalue weighted by Gasteiger charge is 2.08. The topological polar surface area (TPSA) is 54.1 Å². The van der Waals surface area contributed by atoms with Crippen molar-refractivity contribution in [1.82, 2.24) is 10.3 Å². The van der Waals surface area contributed by atoms with Gasteiger partial charge >= 0.3 is 0 Å². The molecule has 3 aromatic carbocycles. The van der Waals surface area contributed by atoms with E-state index in [2.05, 4.69) is 10.3 Å². The molecule has 0 aliphatic rings. The molecule has 146 valence electrons. The first kappa shape index (κ1) is 18.7. The Kier molecular flexibility index (Phi) is 5.56. The van der Waals surface area contributed by atoms with Gasteiger partial charge in [0.15, 0.2) is 0 Å². The molecule has 0 aliphatic heterocycles. The Morgan fingerprint density at radius 3 is 2.69 bits per heavy atom. The Morgan fingerprint density at radius 1 is 1.00 bits per heavy atom. The van der Waals surface area contributed by atoms with Gasteiger partial charge in [-0.3, -0.25) is 4.79 Å². The standard InChI is InChI=1S/C24H21FN2O2/c25-20-8-4-7-18(13-20)24(28)26-12-11-19-15-27-23-14-21(9-10-22(19)23)29-16-17-5-2-1-3-6-17/h1-10,13-15,27H,11-12,16H2,(H,26,28). The molecule has 0 fully saturated rings. The van der Waals surface area contributed by atoms with Gasteiger partial charge in [-0.1, -0.05) is 36.4 Å². The minimum atomic E-state index is -0.417. The zero-order valence-corrected chi connectivity index (χ0v) is 15.8. The number of H-pyrrole nitrogens is 1. The molecule has 4 nitrogen and oxygen atoms in total. The molecule has 0 saturated heterocycles. The highest BCUT2D eigenvalue weighted by atomic mass is 19.1. The van der Waals surface area contributed by atoms with Crippen LogP contribution < -0.4 is 10.1 Å². The molecule has 0 atom stereocenters. The fourth-order valence-corrected chi connectivity index (χ4v) is 3.25. The van der Waals surface area contributed by atoms with Gasteiger partial charge in [0.05, 0.1) is 0 Å². The van der Waals surface area contributed by atoms with Crippen LogP contribution in [0, 0.1) is 5.82 Å². The van der Waals surface area contributed by atoms with Crippen LogP contribution >= 0.6 is 0 Å². The largest absolute Gasteiger partial charge is 0.489 e. The first-order valence-corrected chi connectivity index (χ1v) is 9.49. The number of aromatic amines is 1. The number of hydrogen-bond acceptors (Lipinski definition) is 2. The summed E-state index contributed by atoms with van der Waals surface area (Å²) in [6, 6.07) is 21.7. The maximum absolute atomic E-state index is 13.2. The number of aromatic nitrogens is 1. The van der Waals surface area contributed by atoms with Gasteiger partial charge in [-0.05, 0) is 47.9 Å². The van der Waals surface area contributed by atoms with E-state index in [1.165, 1.54) is 18.2 Å². The highest BCUT2D eigenvalue weighted by Crippen LogP contribution is 2.24. The van der Waals surface area contributed by atoms with Crippen LogP contribution in [0.25, 0.3) is 10.9 Å². The molecule has 0 radical (unpaired) electrons. The minimum absolute atomic E-state index is 0.277. The SMILES string of the molecule is O=C(NCCc1c[nH]c2cc(OCc3ccccc3)ccc12)c1cccc(F)c1. The van der Waals surface area contributed by atoms with Gasteiger partial charge in [-0.25, -0.2) is 4.39 Å². The summed E-state index contributed by atoms with van der Waals surface area (Å²) in [5.41, 5.74) is 3.54. The molecule has 1 aromatic heterocycles. The van der Waals surface area contributed by atoms with E-state index in [1.807, 2.05) is 54.7 Å². The molecule has 0 spiro atoms. The number of benzene rings is 3. The van der Waals surface area contributed by atoms with Crippen molar-refractivity contribution in [1.29, 1.82) is 0 Å². The summed E-state index contributed by atoms with van der Waals surface area (Å²) in [6.07, 6.45) is 2.62. The zero-order valence-electron chi connectivity index (χ0n) is 15.8. The van der Waals surface area contributed by atoms with E-state index in [1.54, 1.807) is 6.07 Å². The number of carbonyl (C=O) groups excluding carboxylic acids is 1. The lowest BCUT2D eigenvalue weighted by Crippen LogP contribution is -2.25. The van der Waals surface area contributed by atoms with Gasteiger partial charge in [-0.15, -0.1) is 0 Å². The second kappa shape index (κ2) is 8.61. The highest BCUT2D eigenvalue weighted by molar-refractivity contribution is 5.94. The lowest BCUT2D eigenvalue weighted by Gasteiger charge is -2.07. The monoisotopic (exact) mass is 388 g/mol. The summed E-state index contributed by atoms with van der Waals surface area (Å²) in [4.78, 5) is 15.4. The molecular weight excluding hydrogens is 367 g/mol. The van der Waals surface area contributed by atoms with Crippen LogP contribution in [0.15, 0.2) is 79.0 Å². The Morgan fingerprint density at radius 2 is 1.86 bits per heavy atom. The molecule has 5 heteroatoms. The molecule has 0 unspecified atom stereocenters. The van der Waals surface area contributed by atoms with Crippen molar-refractivity contribution in [2.75, 3.05) is 6.54 Å². The second-order valence-corrected chi connectivity index (χ2v) is 6.81. The molecule has 2 N–H and O–H groups in total. The van der Waals surface area contributed by atoms with E-state index >= 15 is 0 Å². The molecule has 1 heterocycles. The molecule has 0 bridgehead atoms. The van der Waals surface area contributed by atoms with Gasteiger partial charge in [-0.2, -0.15) is 0 Å². The molecule has 4 rings (SSSR count). The summed E-state index contributed by atoms with van der Waals surface area (Å²) in [5, 5.41) is 3.93. The number of halogens is 1. The molecule has 4 aromatic rings. The average molecular weight is 388 g/mol. The van der Waals surface area contributed by atoms with Gasteiger partial charge in [0.1, 0.15) is 18.2 Å². The molecule has 0 aliphatic carbocycles. The molecular formula is C24H21FN2O2. The van der Waals surface area contributed by atoms with Crippen LogP contribution in [0.5, 0.6) is 5.75 Å². The number of fused-ring (bicyclic) bond motifs is 1. The first-order valence-electron chi connectivity index (χ1n) is 9.49. The Balaban J connectivity index is 1.35. The van der Waals surface area contributed by atoms with Crippen LogP contribution in [0.4, 0.5) is 4.39 Å². The van der Waals surface area contributed by atoms with E-state index in [0.29, 0.717) is 25.1 Å². The van der Waals surface area contributed by atoms with Crippen LogP contribution in [0.1, 0.15) is 21.5 Å². The van der Waals surface area contributed by atoms with Crippen LogP contribution in [0.2, 0.25) is 0 Å². The van der Waals surface area contributed by atoms with Crippen LogP contribution in [-0.2, 0) is 13.0 Å². The Labute approximate surface area is 168 Å². The Bertz CT molecular complexity index is 1120.